The van der Waals surface area contributed by atoms with Crippen molar-refractivity contribution in [1.82, 2.24) is 74.9 Å². The van der Waals surface area contributed by atoms with Gasteiger partial charge in [-0.05, 0) is 165 Å². The Morgan fingerprint density at radius 1 is 0.309 bits per heavy atom. The van der Waals surface area contributed by atoms with Crippen LogP contribution in [0.5, 0.6) is 23.0 Å². The molecule has 0 heterocycles. The Balaban J connectivity index is 1.42. The van der Waals surface area contributed by atoms with Gasteiger partial charge in [-0.3, -0.25) is 101 Å². The Hall–Kier alpha value is -14.3. The average Bonchev–Trinajstić information content (AvgIpc) is 0.764. The van der Waals surface area contributed by atoms with Gasteiger partial charge in [0.05, 0.1) is 0 Å². The van der Waals surface area contributed by atoms with E-state index in [0.29, 0.717) is 44.5 Å². The Kier molecular flexibility index (Phi) is 43.3. The van der Waals surface area contributed by atoms with Crippen LogP contribution in [0.1, 0.15) is 265 Å². The highest BCUT2D eigenvalue weighted by Gasteiger charge is 2.35. The summed E-state index contributed by atoms with van der Waals surface area (Å²) in [6, 6.07) is 6.69. The number of hydrogen-bond donors (Lipinski definition) is 28. The van der Waals surface area contributed by atoms with Gasteiger partial charge in [-0.2, -0.15) is 0 Å². The second kappa shape index (κ2) is 52.4. The molecule has 8 bridgehead atoms. The zero-order valence-electron chi connectivity index (χ0n) is 79.7. The van der Waals surface area contributed by atoms with Crippen LogP contribution >= 0.6 is 0 Å². The van der Waals surface area contributed by atoms with Gasteiger partial charge in [0.25, 0.3) is 11.8 Å². The number of hydrogen-bond acceptors (Lipinski definition) is 22. The molecule has 34 N–H and O–H groups in total. The zero-order valence-corrected chi connectivity index (χ0v) is 79.7. The second-order valence-corrected chi connectivity index (χ2v) is 37.8. The highest BCUT2D eigenvalue weighted by atomic mass is 16.5. The van der Waals surface area contributed by atoms with Crippen LogP contribution in [0, 0.1) is 21.6 Å². The zero-order chi connectivity index (χ0) is 102. The number of carboxylic acid groups (broad SMARTS) is 2. The Morgan fingerprint density at radius 3 is 0.765 bits per heavy atom. The Labute approximate surface area is 790 Å². The number of benzene rings is 4. The summed E-state index contributed by atoms with van der Waals surface area (Å²) in [7, 11) is 0. The van der Waals surface area contributed by atoms with Gasteiger partial charge in [-0.15, -0.1) is 0 Å². The molecule has 12 amide bonds. The van der Waals surface area contributed by atoms with Crippen molar-refractivity contribution in [3.8, 4) is 23.0 Å². The molecule has 1 aliphatic carbocycles. The third-order valence-electron chi connectivity index (χ3n) is 22.1. The molecule has 4 aromatic rings. The van der Waals surface area contributed by atoms with Crippen molar-refractivity contribution in [2.45, 2.75) is 282 Å². The molecular weight excluding hydrogens is 1760 g/mol. The molecule has 6 atom stereocenters. The third-order valence-corrected chi connectivity index (χ3v) is 22.1. The minimum atomic E-state index is -1.51. The predicted molar refractivity (Wildman–Crippen MR) is 507 cm³/mol. The lowest BCUT2D eigenvalue weighted by molar-refractivity contribution is -0.143. The summed E-state index contributed by atoms with van der Waals surface area (Å²) in [5.74, 6) is -13.9. The Bertz CT molecular complexity index is 4610. The van der Waals surface area contributed by atoms with Crippen molar-refractivity contribution in [3.63, 3.8) is 0 Å². The highest BCUT2D eigenvalue weighted by molar-refractivity contribution is 5.96. The first-order valence-electron chi connectivity index (χ1n) is 45.1. The number of phenolic OH excluding ortho intramolecular Hbond substituents is 2. The van der Waals surface area contributed by atoms with Crippen LogP contribution in [0.25, 0.3) is 0 Å². The fraction of sp³-hybridized carbons (Fsp3) is 0.543. The fourth-order valence-corrected chi connectivity index (χ4v) is 14.5. The topological polar surface area (TPSA) is 758 Å². The summed E-state index contributed by atoms with van der Waals surface area (Å²) in [5, 5.41) is 101. The lowest BCUT2D eigenvalue weighted by Crippen LogP contribution is -2.56. The van der Waals surface area contributed by atoms with Crippen LogP contribution in [0.3, 0.4) is 0 Å². The van der Waals surface area contributed by atoms with Gasteiger partial charge in [-0.25, -0.2) is 9.59 Å². The summed E-state index contributed by atoms with van der Waals surface area (Å²) in [5.41, 5.74) is 46.9. The van der Waals surface area contributed by atoms with Crippen molar-refractivity contribution in [1.29, 1.82) is 21.6 Å². The SMILES string of the molecule is CC(C)(C)c1cc2c(O)c(c1)Cc1cc(C(C)(C)C)cc(c1OCC(=O)NNC(=O)CCCC(=O)N[C@@H](CCCNC(=N)N)C(=O)N[C@@H](CCC(N)=O)C(=O)N[C@@H](CCCNC(=N)N)C(=O)O)Cc1cc(C(C)(C)C)cc(c1O)Cc1cc(C(C)(C)C)cc(c1OCC(=O)NNC(=O)CCCC(=O)N[C@@H](CCCNC(=N)N)C(=O)N[C@@H](CCC(N)=O)C(=O)N[C@@H](CCCNC(=N)N)C(=O)O)C2. The first kappa shape index (κ1) is 112. The van der Waals surface area contributed by atoms with Crippen LogP contribution in [0.15, 0.2) is 48.5 Å². The van der Waals surface area contributed by atoms with Crippen molar-refractivity contribution in [2.75, 3.05) is 39.4 Å². The van der Waals surface area contributed by atoms with Gasteiger partial charge < -0.3 is 117 Å². The van der Waals surface area contributed by atoms with Gasteiger partial charge in [-0.1, -0.05) is 132 Å². The number of hydrazine groups is 2. The van der Waals surface area contributed by atoms with E-state index in [-0.39, 0.29) is 201 Å². The average molecular weight is 1900 g/mol. The maximum absolute atomic E-state index is 14.1. The predicted octanol–water partition coefficient (Wildman–Crippen LogP) is 1.02. The van der Waals surface area contributed by atoms with E-state index in [1.807, 2.05) is 132 Å². The van der Waals surface area contributed by atoms with E-state index in [9.17, 15) is 87.5 Å². The molecule has 0 fully saturated rings. The number of aromatic hydroxyl groups is 2. The summed E-state index contributed by atoms with van der Waals surface area (Å²) >= 11 is 0. The molecule has 0 unspecified atom stereocenters. The van der Waals surface area contributed by atoms with Gasteiger partial charge in [0.1, 0.15) is 59.2 Å². The van der Waals surface area contributed by atoms with Gasteiger partial charge >= 0.3 is 11.9 Å². The van der Waals surface area contributed by atoms with Gasteiger partial charge in [0.15, 0.2) is 37.1 Å². The number of phenols is 2. The number of rotatable bonds is 48. The number of fused-ring (bicyclic) bond motifs is 8. The molecule has 4 aromatic carbocycles. The van der Waals surface area contributed by atoms with E-state index in [2.05, 4.69) is 74.9 Å². The molecule has 0 saturated heterocycles. The lowest BCUT2D eigenvalue weighted by Gasteiger charge is -2.28. The van der Waals surface area contributed by atoms with E-state index >= 15 is 0 Å². The van der Waals surface area contributed by atoms with E-state index in [1.54, 1.807) is 0 Å². The molecule has 0 aliphatic heterocycles. The summed E-state index contributed by atoms with van der Waals surface area (Å²) in [6.07, 6.45) is -2.89. The number of primary amides is 2. The smallest absolute Gasteiger partial charge is 0.326 e. The minimum absolute atomic E-state index is 0.00413. The quantitative estimate of drug-likeness (QED) is 0.0112. The highest BCUT2D eigenvalue weighted by Crippen LogP contribution is 2.44. The van der Waals surface area contributed by atoms with E-state index < -0.39 is 167 Å². The van der Waals surface area contributed by atoms with Crippen LogP contribution in [-0.2, 0) is 114 Å². The molecular formula is C92H140N24O20. The molecule has 0 aromatic heterocycles. The van der Waals surface area contributed by atoms with Crippen molar-refractivity contribution >= 4 is 107 Å². The number of carbonyl (C=O) groups is 14. The Morgan fingerprint density at radius 2 is 0.529 bits per heavy atom. The van der Waals surface area contributed by atoms with Crippen LogP contribution < -0.4 is 119 Å². The van der Waals surface area contributed by atoms with Gasteiger partial charge in [0, 0.05) is 90.4 Å². The third kappa shape index (κ3) is 39.1. The van der Waals surface area contributed by atoms with Crippen molar-refractivity contribution < 1.29 is 97.0 Å². The molecule has 1 aliphatic rings. The minimum Gasteiger partial charge on any atom is -0.507 e. The molecule has 0 spiro atoms. The monoisotopic (exact) mass is 1900 g/mol. The lowest BCUT2D eigenvalue weighted by atomic mass is 9.79. The number of amides is 12. The molecule has 748 valence electrons. The van der Waals surface area contributed by atoms with E-state index in [1.165, 1.54) is 0 Å². The summed E-state index contributed by atoms with van der Waals surface area (Å²) in [6.45, 7) is 23.3. The number of nitrogens with one attached hydrogen (secondary N) is 18. The fourth-order valence-electron chi connectivity index (χ4n) is 14.5. The maximum Gasteiger partial charge on any atom is 0.326 e. The summed E-state index contributed by atoms with van der Waals surface area (Å²) < 4.78 is 13.3. The van der Waals surface area contributed by atoms with Gasteiger partial charge in [0.2, 0.25) is 59.1 Å². The normalized spacial score (nSPS) is 13.2. The molecule has 0 saturated carbocycles. The first-order chi connectivity index (χ1) is 63.5. The van der Waals surface area contributed by atoms with E-state index in [0.717, 1.165) is 22.3 Å². The molecule has 44 heteroatoms. The second-order valence-electron chi connectivity index (χ2n) is 37.8. The van der Waals surface area contributed by atoms with Crippen molar-refractivity contribution in [2.24, 2.45) is 34.4 Å². The molecule has 5 rings (SSSR count). The van der Waals surface area contributed by atoms with Crippen LogP contribution in [0.2, 0.25) is 0 Å². The number of nitrogens with two attached hydrogens (primary N) is 6. The number of carboxylic acids is 2. The molecule has 136 heavy (non-hydrogen) atoms. The number of aliphatic carboxylic acids is 2. The molecule has 44 nitrogen and oxygen atoms in total. The first-order valence-corrected chi connectivity index (χ1v) is 45.1. The standard InChI is InChI=1S/C92H140N24O20/c1-89(2,3)57-39-49-35-53-43-59(91(7,8)9)45-55(77(53)135-47-73(123)115-113-71(121)25-13-23-69(119)107-61(19-15-31-103-85(95)96)79(127)109-63(27-29-67(93)117)81(129)111-65(83(131)132)21-17-33-105-87(99)100)37-51-41-58(90(4,5)6)42-52(76(51)126)38-56-46-60(92(10,11)12)44-54(36-50(40-57)75(49)125)78(56)136-48-74(124)116-114-72(122)26-14-24-70(120)108-62(20-16-32-104-86(97)98)80(128)110-64(28-30-68(94)118)82(130)112-66(84(133)134)22-18-34-106-88(101)102/h39-46,61-66,125-126H,13-38,47-48H2,1-12H3,(H2,93,117)(H2,94,118)(H,107,119)(H,108,120)(H,109,127)(H,110,128)(H,111,129)(H,112,130)(H,113,121)(H,114,122)(H,115,123)(H,116,124)(H,131,132)(H,133,134)(H4,95,96,103)(H4,97,98,104)(H4,99,100,105)(H4,101,102,106)/t61-,62-,63-,64-,65-,66-/m0/s1. The van der Waals surface area contributed by atoms with E-state index in [4.69, 9.17) is 65.5 Å². The maximum atomic E-state index is 14.1. The van der Waals surface area contributed by atoms with Crippen molar-refractivity contribution in [3.05, 3.63) is 115 Å². The molecule has 0 radical (unpaired) electrons. The number of carbonyl (C=O) groups excluding carboxylic acids is 12. The van der Waals surface area contributed by atoms with Crippen LogP contribution in [-0.4, -0.2) is 203 Å². The number of guanidine groups is 4. The number of ether oxygens (including phenoxy) is 2. The largest absolute Gasteiger partial charge is 0.507 e. The summed E-state index contributed by atoms with van der Waals surface area (Å²) in [4.78, 5) is 186. The van der Waals surface area contributed by atoms with Crippen LogP contribution in [0.4, 0.5) is 0 Å².